The zero-order valence-corrected chi connectivity index (χ0v) is 9.43. The van der Waals surface area contributed by atoms with E-state index in [1.54, 1.807) is 13.8 Å². The van der Waals surface area contributed by atoms with Crippen LogP contribution >= 0.6 is 11.6 Å². The normalized spacial score (nSPS) is 10.9. The summed E-state index contributed by atoms with van der Waals surface area (Å²) in [6.45, 7) is 3.34. The molecule has 0 aliphatic rings. The lowest BCUT2D eigenvalue weighted by atomic mass is 10.2. The molecule has 0 aromatic heterocycles. The Balaban J connectivity index is 4.43. The smallest absolute Gasteiger partial charge is 0.315 e. The van der Waals surface area contributed by atoms with Crippen molar-refractivity contribution in [1.82, 2.24) is 4.90 Å². The lowest BCUT2D eigenvalue weighted by molar-refractivity contribution is -0.145. The molecule has 0 aromatic carbocycles. The molecule has 88 valence electrons. The Morgan fingerprint density at radius 1 is 1.33 bits per heavy atom. The molecule has 0 radical (unpaired) electrons. The molecule has 0 aliphatic heterocycles. The lowest BCUT2D eigenvalue weighted by Gasteiger charge is -2.23. The van der Waals surface area contributed by atoms with Gasteiger partial charge in [-0.05, 0) is 5.92 Å². The fourth-order valence-electron chi connectivity index (χ4n) is 1.07. The van der Waals surface area contributed by atoms with Crippen LogP contribution in [0.25, 0.3) is 0 Å². The van der Waals surface area contributed by atoms with Crippen molar-refractivity contribution in [2.45, 2.75) is 20.3 Å². The molecule has 0 saturated heterocycles. The first-order valence-corrected chi connectivity index (χ1v) is 5.06. The van der Waals surface area contributed by atoms with E-state index in [1.807, 2.05) is 0 Å². The van der Waals surface area contributed by atoms with E-state index in [0.29, 0.717) is 0 Å². The van der Waals surface area contributed by atoms with Gasteiger partial charge in [0.1, 0.15) is 0 Å². The van der Waals surface area contributed by atoms with Gasteiger partial charge in [0.2, 0.25) is 0 Å². The summed E-state index contributed by atoms with van der Waals surface area (Å²) in [5.41, 5.74) is 0. The first-order valence-electron chi connectivity index (χ1n) is 4.53. The maximum absolute atomic E-state index is 12.1. The van der Waals surface area contributed by atoms with Crippen LogP contribution in [0.2, 0.25) is 0 Å². The number of ketones is 1. The summed E-state index contributed by atoms with van der Waals surface area (Å²) in [6.07, 6.45) is -3.08. The molecule has 6 heteroatoms. The maximum Gasteiger partial charge on any atom is 0.315 e. The topological polar surface area (TPSA) is 37.4 Å². The molecule has 0 saturated carbocycles. The quantitative estimate of drug-likeness (QED) is 0.662. The van der Waals surface area contributed by atoms with E-state index in [1.165, 1.54) is 0 Å². The van der Waals surface area contributed by atoms with Gasteiger partial charge in [-0.3, -0.25) is 9.59 Å². The van der Waals surface area contributed by atoms with Crippen LogP contribution in [0.4, 0.5) is 8.78 Å². The third-order valence-electron chi connectivity index (χ3n) is 1.60. The van der Waals surface area contributed by atoms with Crippen molar-refractivity contribution < 1.29 is 18.4 Å². The van der Waals surface area contributed by atoms with Gasteiger partial charge in [0.05, 0.1) is 12.4 Å². The molecule has 0 heterocycles. The summed E-state index contributed by atoms with van der Waals surface area (Å²) in [7, 11) is 0. The number of nitrogens with zero attached hydrogens (tertiary/aromatic N) is 1. The Morgan fingerprint density at radius 2 is 1.87 bits per heavy atom. The van der Waals surface area contributed by atoms with E-state index in [-0.39, 0.29) is 24.9 Å². The monoisotopic (exact) mass is 241 g/mol. The Hall–Kier alpha value is -0.710. The summed E-state index contributed by atoms with van der Waals surface area (Å²) in [6, 6.07) is 0. The minimum absolute atomic E-state index is 0.0239. The highest BCUT2D eigenvalue weighted by Gasteiger charge is 2.25. The molecule has 0 N–H and O–H groups in total. The van der Waals surface area contributed by atoms with Crippen molar-refractivity contribution in [1.29, 1.82) is 0 Å². The van der Waals surface area contributed by atoms with Gasteiger partial charge in [-0.2, -0.15) is 8.78 Å². The number of Topliss-reactive ketones (excluding diaryl/α,β-unsaturated/α-hetero) is 1. The zero-order chi connectivity index (χ0) is 12.0. The second-order valence-electron chi connectivity index (χ2n) is 3.59. The molecular formula is C9H14ClF2NO2. The highest BCUT2D eigenvalue weighted by molar-refractivity contribution is 6.28. The maximum atomic E-state index is 12.1. The third kappa shape index (κ3) is 5.67. The van der Waals surface area contributed by atoms with Gasteiger partial charge in [-0.1, -0.05) is 13.8 Å². The summed E-state index contributed by atoms with van der Waals surface area (Å²) in [5, 5.41) is 0. The number of hydrogen-bond acceptors (Lipinski definition) is 2. The first kappa shape index (κ1) is 14.3. The fourth-order valence-corrected chi connectivity index (χ4v) is 1.15. The second kappa shape index (κ2) is 6.71. The summed E-state index contributed by atoms with van der Waals surface area (Å²) in [5.74, 6) is -2.00. The largest absolute Gasteiger partial charge is 0.330 e. The van der Waals surface area contributed by atoms with Crippen LogP contribution in [0.15, 0.2) is 0 Å². The van der Waals surface area contributed by atoms with Gasteiger partial charge in [0.15, 0.2) is 5.78 Å². The molecule has 0 aromatic rings. The third-order valence-corrected chi connectivity index (χ3v) is 1.90. The number of amides is 1. The Labute approximate surface area is 92.4 Å². The van der Waals surface area contributed by atoms with Crippen LogP contribution in [0.3, 0.4) is 0 Å². The van der Waals surface area contributed by atoms with E-state index < -0.39 is 18.1 Å². The summed E-state index contributed by atoms with van der Waals surface area (Å²) >= 11 is 5.24. The van der Waals surface area contributed by atoms with Gasteiger partial charge >= 0.3 is 6.43 Å². The fraction of sp³-hybridized carbons (Fsp3) is 0.778. The highest BCUT2D eigenvalue weighted by atomic mass is 35.5. The number of alkyl halides is 3. The van der Waals surface area contributed by atoms with E-state index in [0.717, 1.165) is 4.90 Å². The van der Waals surface area contributed by atoms with Crippen molar-refractivity contribution in [3.63, 3.8) is 0 Å². The van der Waals surface area contributed by atoms with Crippen LogP contribution in [0.1, 0.15) is 13.8 Å². The number of hydrogen-bond donors (Lipinski definition) is 0. The van der Waals surface area contributed by atoms with Crippen molar-refractivity contribution >= 4 is 23.3 Å². The Morgan fingerprint density at radius 3 is 2.20 bits per heavy atom. The Bertz CT molecular complexity index is 234. The van der Waals surface area contributed by atoms with E-state index in [9.17, 15) is 18.4 Å². The first-order chi connectivity index (χ1) is 6.88. The van der Waals surface area contributed by atoms with E-state index >= 15 is 0 Å². The minimum Gasteiger partial charge on any atom is -0.330 e. The van der Waals surface area contributed by atoms with Crippen molar-refractivity contribution in [2.75, 3.05) is 19.0 Å². The van der Waals surface area contributed by atoms with Gasteiger partial charge in [0, 0.05) is 6.54 Å². The predicted molar refractivity (Wildman–Crippen MR) is 53.1 cm³/mol. The van der Waals surface area contributed by atoms with Crippen LogP contribution in [-0.2, 0) is 9.59 Å². The lowest BCUT2D eigenvalue weighted by Crippen LogP contribution is -2.41. The zero-order valence-electron chi connectivity index (χ0n) is 8.67. The number of carbonyl (C=O) groups is 2. The number of rotatable bonds is 6. The molecule has 0 bridgehead atoms. The minimum atomic E-state index is -3.08. The summed E-state index contributed by atoms with van der Waals surface area (Å²) < 4.78 is 24.3. The van der Waals surface area contributed by atoms with Gasteiger partial charge in [-0.25, -0.2) is 0 Å². The van der Waals surface area contributed by atoms with Crippen LogP contribution in [0.5, 0.6) is 0 Å². The average Bonchev–Trinajstić information content (AvgIpc) is 2.14. The second-order valence-corrected chi connectivity index (χ2v) is 3.85. The highest BCUT2D eigenvalue weighted by Crippen LogP contribution is 2.05. The van der Waals surface area contributed by atoms with E-state index in [2.05, 4.69) is 0 Å². The van der Waals surface area contributed by atoms with Gasteiger partial charge in [0.25, 0.3) is 5.91 Å². The van der Waals surface area contributed by atoms with Crippen LogP contribution in [0, 0.1) is 5.92 Å². The molecule has 0 rings (SSSR count). The van der Waals surface area contributed by atoms with Crippen molar-refractivity contribution in [3.8, 4) is 0 Å². The summed E-state index contributed by atoms with van der Waals surface area (Å²) in [4.78, 5) is 22.8. The molecule has 1 amide bonds. The number of carbonyl (C=O) groups excluding carboxylic acids is 2. The standard InChI is InChI=1S/C9H14ClF2NO2/c1-6(2)4-13(5-7(14)3-10)9(15)8(11)12/h6,8H,3-5H2,1-2H3. The molecule has 0 fully saturated rings. The van der Waals surface area contributed by atoms with E-state index in [4.69, 9.17) is 11.6 Å². The molecule has 3 nitrogen and oxygen atoms in total. The van der Waals surface area contributed by atoms with Gasteiger partial charge < -0.3 is 4.90 Å². The average molecular weight is 242 g/mol. The van der Waals surface area contributed by atoms with Gasteiger partial charge in [-0.15, -0.1) is 11.6 Å². The molecule has 15 heavy (non-hydrogen) atoms. The SMILES string of the molecule is CC(C)CN(CC(=O)CCl)C(=O)C(F)F. The number of halogens is 3. The predicted octanol–water partition coefficient (Wildman–Crippen LogP) is 1.54. The van der Waals surface area contributed by atoms with Crippen LogP contribution in [-0.4, -0.2) is 42.0 Å². The molecule has 0 unspecified atom stereocenters. The molecule has 0 spiro atoms. The molecular weight excluding hydrogens is 228 g/mol. The van der Waals surface area contributed by atoms with Crippen molar-refractivity contribution in [3.05, 3.63) is 0 Å². The molecule has 0 aliphatic carbocycles. The Kier molecular flexibility index (Phi) is 6.40. The van der Waals surface area contributed by atoms with Crippen molar-refractivity contribution in [2.24, 2.45) is 5.92 Å². The molecule has 0 atom stereocenters. The van der Waals surface area contributed by atoms with Crippen LogP contribution < -0.4 is 0 Å².